The van der Waals surface area contributed by atoms with E-state index in [1.165, 1.54) is 13.1 Å². The molecule has 0 amide bonds. The van der Waals surface area contributed by atoms with E-state index in [9.17, 15) is 9.59 Å². The minimum atomic E-state index is -0.684. The Hall–Kier alpha value is -2.70. The summed E-state index contributed by atoms with van der Waals surface area (Å²) >= 11 is 0. The third kappa shape index (κ3) is 8.41. The van der Waals surface area contributed by atoms with E-state index in [-0.39, 0.29) is 24.2 Å². The normalized spacial score (nSPS) is 13.0. The van der Waals surface area contributed by atoms with Crippen LogP contribution in [0.4, 0.5) is 0 Å². The summed E-state index contributed by atoms with van der Waals surface area (Å²) in [4.78, 5) is 27.4. The molecule has 0 saturated carbocycles. The van der Waals surface area contributed by atoms with Gasteiger partial charge in [-0.25, -0.2) is 4.79 Å². The van der Waals surface area contributed by atoms with Crippen LogP contribution in [0.1, 0.15) is 39.2 Å². The molecule has 0 fully saturated rings. The van der Waals surface area contributed by atoms with Gasteiger partial charge in [0.25, 0.3) is 0 Å². The lowest BCUT2D eigenvalue weighted by Crippen LogP contribution is -2.28. The first-order chi connectivity index (χ1) is 12.4. The van der Waals surface area contributed by atoms with E-state index < -0.39 is 12.0 Å². The number of ketones is 1. The molecule has 0 radical (unpaired) electrons. The number of ether oxygens (including phenoxy) is 2. The smallest absolute Gasteiger partial charge is 0.331 e. The third-order valence-electron chi connectivity index (χ3n) is 3.49. The van der Waals surface area contributed by atoms with Gasteiger partial charge in [0, 0.05) is 6.42 Å². The van der Waals surface area contributed by atoms with Crippen LogP contribution >= 0.6 is 0 Å². The second-order valence-corrected chi connectivity index (χ2v) is 6.18. The summed E-state index contributed by atoms with van der Waals surface area (Å²) in [6.45, 7) is 5.76. The Morgan fingerprint density at radius 1 is 1.19 bits per heavy atom. The predicted octanol–water partition coefficient (Wildman–Crippen LogP) is 2.48. The maximum Gasteiger partial charge on any atom is 0.331 e. The number of benzene rings is 1. The van der Waals surface area contributed by atoms with Gasteiger partial charge in [-0.1, -0.05) is 44.2 Å². The number of carbonyl (C=O) groups excluding carboxylic acids is 2. The van der Waals surface area contributed by atoms with Gasteiger partial charge in [-0.3, -0.25) is 4.99 Å². The number of carbonyl (C=O) groups is 2. The zero-order valence-electron chi connectivity index (χ0n) is 15.6. The topological polar surface area (TPSA) is 103 Å². The van der Waals surface area contributed by atoms with Gasteiger partial charge in [0.15, 0.2) is 0 Å². The summed E-state index contributed by atoms with van der Waals surface area (Å²) in [6.07, 6.45) is 2.31. The summed E-state index contributed by atoms with van der Waals surface area (Å²) in [7, 11) is 0. The molecule has 0 unspecified atom stereocenters. The Labute approximate surface area is 154 Å². The van der Waals surface area contributed by atoms with Crippen LogP contribution in [0.25, 0.3) is 0 Å². The van der Waals surface area contributed by atoms with Crippen molar-refractivity contribution in [3.8, 4) is 0 Å². The van der Waals surface area contributed by atoms with Gasteiger partial charge in [0.05, 0.1) is 12.8 Å². The molecule has 1 aromatic carbocycles. The average molecular weight is 361 g/mol. The van der Waals surface area contributed by atoms with E-state index in [0.717, 1.165) is 5.56 Å². The summed E-state index contributed by atoms with van der Waals surface area (Å²) in [5, 5.41) is 3.50. The first kappa shape index (κ1) is 21.3. The molecule has 26 heavy (non-hydrogen) atoms. The highest BCUT2D eigenvalue weighted by Crippen LogP contribution is 2.10. The first-order valence-corrected chi connectivity index (χ1v) is 8.58. The largest absolute Gasteiger partial charge is 0.476 e. The van der Waals surface area contributed by atoms with Crippen LogP contribution < -0.4 is 5.84 Å². The Bertz CT molecular complexity index is 627. The fraction of sp³-hybridized carbons (Fsp3) is 0.474. The standard InChI is InChI=1S/C19H27N3O4/c1-14(2)18(19(24)26-13-16-9-5-4-6-10-16)21-12-17(22-20)25-11-7-8-15(3)23/h4-6,9-10,12,14,18H,7-8,11,13,20H2,1-3H3/b21-12?,22-17+/t18-/m0/s1. The van der Waals surface area contributed by atoms with Crippen LogP contribution in [0.3, 0.4) is 0 Å². The van der Waals surface area contributed by atoms with Crippen LogP contribution in [-0.2, 0) is 25.7 Å². The number of nitrogens with zero attached hydrogens (tertiary/aromatic N) is 2. The maximum absolute atomic E-state index is 12.3. The summed E-state index contributed by atoms with van der Waals surface area (Å²) in [6, 6.07) is 8.75. The molecular formula is C19H27N3O4. The lowest BCUT2D eigenvalue weighted by molar-refractivity contribution is -0.147. The molecular weight excluding hydrogens is 334 g/mol. The fourth-order valence-electron chi connectivity index (χ4n) is 2.07. The van der Waals surface area contributed by atoms with Crippen molar-refractivity contribution in [1.29, 1.82) is 0 Å². The monoisotopic (exact) mass is 361 g/mol. The van der Waals surface area contributed by atoms with E-state index >= 15 is 0 Å². The molecule has 0 spiro atoms. The molecule has 1 rings (SSSR count). The van der Waals surface area contributed by atoms with Crippen LogP contribution in [0.15, 0.2) is 40.4 Å². The number of Topliss-reactive ketones (excluding diaryl/α,β-unsaturated/α-hetero) is 1. The molecule has 1 atom stereocenters. The van der Waals surface area contributed by atoms with Crippen molar-refractivity contribution in [2.45, 2.75) is 46.3 Å². The van der Waals surface area contributed by atoms with Crippen molar-refractivity contribution in [2.24, 2.45) is 21.9 Å². The fourth-order valence-corrected chi connectivity index (χ4v) is 2.07. The van der Waals surface area contributed by atoms with Crippen molar-refractivity contribution in [3.63, 3.8) is 0 Å². The maximum atomic E-state index is 12.3. The van der Waals surface area contributed by atoms with Gasteiger partial charge in [-0.2, -0.15) is 0 Å². The number of hydrazone groups is 1. The molecule has 0 bridgehead atoms. The molecule has 7 nitrogen and oxygen atoms in total. The Morgan fingerprint density at radius 3 is 2.46 bits per heavy atom. The molecule has 0 aromatic heterocycles. The number of nitrogens with two attached hydrogens (primary N) is 1. The van der Waals surface area contributed by atoms with Crippen molar-refractivity contribution in [1.82, 2.24) is 0 Å². The lowest BCUT2D eigenvalue weighted by Gasteiger charge is -2.15. The molecule has 0 heterocycles. The molecule has 0 aliphatic heterocycles. The van der Waals surface area contributed by atoms with Gasteiger partial charge in [0.2, 0.25) is 5.90 Å². The lowest BCUT2D eigenvalue weighted by atomic mass is 10.1. The van der Waals surface area contributed by atoms with Crippen molar-refractivity contribution < 1.29 is 19.1 Å². The van der Waals surface area contributed by atoms with Gasteiger partial charge >= 0.3 is 5.97 Å². The van der Waals surface area contributed by atoms with E-state index in [1.807, 2.05) is 44.2 Å². The summed E-state index contributed by atoms with van der Waals surface area (Å²) in [5.41, 5.74) is 0.908. The van der Waals surface area contributed by atoms with Gasteiger partial charge < -0.3 is 20.1 Å². The summed E-state index contributed by atoms with van der Waals surface area (Å²) in [5.74, 6) is 4.99. The molecule has 1 aromatic rings. The van der Waals surface area contributed by atoms with Gasteiger partial charge in [-0.15, -0.1) is 5.10 Å². The van der Waals surface area contributed by atoms with Crippen LogP contribution in [-0.4, -0.2) is 36.5 Å². The molecule has 2 N–H and O–H groups in total. The van der Waals surface area contributed by atoms with E-state index in [1.54, 1.807) is 0 Å². The minimum absolute atomic E-state index is 0.0636. The Kier molecular flexibility index (Phi) is 9.67. The molecule has 7 heteroatoms. The van der Waals surface area contributed by atoms with Crippen LogP contribution in [0.5, 0.6) is 0 Å². The zero-order chi connectivity index (χ0) is 19.4. The molecule has 0 aliphatic rings. The van der Waals surface area contributed by atoms with E-state index in [4.69, 9.17) is 15.3 Å². The summed E-state index contributed by atoms with van der Waals surface area (Å²) < 4.78 is 10.7. The number of esters is 1. The first-order valence-electron chi connectivity index (χ1n) is 8.58. The van der Waals surface area contributed by atoms with Crippen LogP contribution in [0.2, 0.25) is 0 Å². The minimum Gasteiger partial charge on any atom is -0.476 e. The molecule has 142 valence electrons. The SMILES string of the molecule is CC(=O)CCCO/C(C=N[C@H](C(=O)OCc1ccccc1)C(C)C)=N/N. The van der Waals surface area contributed by atoms with Crippen molar-refractivity contribution in [3.05, 3.63) is 35.9 Å². The number of aliphatic imine (C=N–C) groups is 1. The number of rotatable bonds is 10. The highest BCUT2D eigenvalue weighted by Gasteiger charge is 2.22. The number of hydrogen-bond acceptors (Lipinski definition) is 7. The van der Waals surface area contributed by atoms with E-state index in [2.05, 4.69) is 10.1 Å². The highest BCUT2D eigenvalue weighted by atomic mass is 16.5. The third-order valence-corrected chi connectivity index (χ3v) is 3.49. The molecule has 0 saturated heterocycles. The Morgan fingerprint density at radius 2 is 1.88 bits per heavy atom. The Balaban J connectivity index is 2.57. The molecule has 0 aliphatic carbocycles. The van der Waals surface area contributed by atoms with Crippen molar-refractivity contribution >= 4 is 23.9 Å². The van der Waals surface area contributed by atoms with Crippen LogP contribution in [0, 0.1) is 5.92 Å². The number of hydrogen-bond donors (Lipinski definition) is 1. The van der Waals surface area contributed by atoms with Gasteiger partial charge in [-0.05, 0) is 24.8 Å². The predicted molar refractivity (Wildman–Crippen MR) is 101 cm³/mol. The zero-order valence-corrected chi connectivity index (χ0v) is 15.6. The second kappa shape index (κ2) is 11.8. The average Bonchev–Trinajstić information content (AvgIpc) is 2.62. The quantitative estimate of drug-likeness (QED) is 0.172. The van der Waals surface area contributed by atoms with E-state index in [0.29, 0.717) is 19.4 Å². The second-order valence-electron chi connectivity index (χ2n) is 6.18. The highest BCUT2D eigenvalue weighted by molar-refractivity contribution is 6.26. The van der Waals surface area contributed by atoms with Gasteiger partial charge in [0.1, 0.15) is 18.4 Å². The van der Waals surface area contributed by atoms with Crippen molar-refractivity contribution in [2.75, 3.05) is 6.61 Å².